The van der Waals surface area contributed by atoms with Crippen molar-refractivity contribution in [3.05, 3.63) is 11.1 Å². The highest BCUT2D eigenvalue weighted by Crippen LogP contribution is 2.58. The van der Waals surface area contributed by atoms with Crippen LogP contribution in [0.1, 0.15) is 64.4 Å². The lowest BCUT2D eigenvalue weighted by Crippen LogP contribution is -2.27. The van der Waals surface area contributed by atoms with Crippen LogP contribution in [0.4, 0.5) is 0 Å². The molecular formula is C18H26O7. The number of aromatic hydroxyl groups is 2. The van der Waals surface area contributed by atoms with Gasteiger partial charge < -0.3 is 34.3 Å². The summed E-state index contributed by atoms with van der Waals surface area (Å²) in [6.45, 7) is 9.06. The summed E-state index contributed by atoms with van der Waals surface area (Å²) >= 11 is 0. The van der Waals surface area contributed by atoms with E-state index in [2.05, 4.69) is 0 Å². The van der Waals surface area contributed by atoms with Gasteiger partial charge in [0.1, 0.15) is 6.10 Å². The van der Waals surface area contributed by atoms with Gasteiger partial charge >= 0.3 is 0 Å². The average molecular weight is 354 g/mol. The number of hydrogen-bond donors (Lipinski definition) is 3. The van der Waals surface area contributed by atoms with E-state index < -0.39 is 24.6 Å². The van der Waals surface area contributed by atoms with Crippen LogP contribution in [-0.2, 0) is 9.47 Å². The molecule has 1 aromatic carbocycles. The normalized spacial score (nSPS) is 28.2. The molecule has 0 aliphatic carbocycles. The number of hydrogen-bond acceptors (Lipinski definition) is 7. The van der Waals surface area contributed by atoms with Gasteiger partial charge in [-0.25, -0.2) is 0 Å². The average Bonchev–Trinajstić information content (AvgIpc) is 2.86. The number of phenols is 2. The molecule has 140 valence electrons. The number of phenolic OH excluding ortho intramolecular Hbond substituents is 2. The first-order chi connectivity index (χ1) is 11.7. The van der Waals surface area contributed by atoms with E-state index in [0.29, 0.717) is 17.5 Å². The Labute approximate surface area is 147 Å². The molecule has 0 aromatic heterocycles. The second kappa shape index (κ2) is 6.55. The zero-order valence-electron chi connectivity index (χ0n) is 15.1. The summed E-state index contributed by atoms with van der Waals surface area (Å²) in [6.07, 6.45) is -2.69. The zero-order valence-corrected chi connectivity index (χ0v) is 15.1. The predicted molar refractivity (Wildman–Crippen MR) is 89.0 cm³/mol. The summed E-state index contributed by atoms with van der Waals surface area (Å²) in [6, 6.07) is 0. The highest BCUT2D eigenvalue weighted by atomic mass is 16.6. The van der Waals surface area contributed by atoms with Gasteiger partial charge in [-0.1, -0.05) is 0 Å². The first-order valence-electron chi connectivity index (χ1n) is 8.64. The molecule has 0 bridgehead atoms. The summed E-state index contributed by atoms with van der Waals surface area (Å²) in [5, 5.41) is 31.6. The topological polar surface area (TPSA) is 97.6 Å². The lowest BCUT2D eigenvalue weighted by atomic mass is 9.89. The maximum Gasteiger partial charge on any atom is 0.207 e. The Kier molecular flexibility index (Phi) is 4.74. The van der Waals surface area contributed by atoms with E-state index in [1.54, 1.807) is 6.92 Å². The fraction of sp³-hybridized carbons (Fsp3) is 0.667. The van der Waals surface area contributed by atoms with Crippen molar-refractivity contribution in [2.75, 3.05) is 0 Å². The molecular weight excluding hydrogens is 328 g/mol. The van der Waals surface area contributed by atoms with E-state index in [-0.39, 0.29) is 35.2 Å². The largest absolute Gasteiger partial charge is 0.504 e. The first kappa shape index (κ1) is 18.1. The third-order valence-corrected chi connectivity index (χ3v) is 4.29. The fourth-order valence-corrected chi connectivity index (χ4v) is 3.45. The third kappa shape index (κ3) is 3.12. The van der Waals surface area contributed by atoms with Crippen molar-refractivity contribution < 1.29 is 34.3 Å². The molecule has 1 fully saturated rings. The van der Waals surface area contributed by atoms with Gasteiger partial charge in [-0.2, -0.15) is 0 Å². The molecule has 7 heteroatoms. The summed E-state index contributed by atoms with van der Waals surface area (Å²) in [5.74, 6) is -0.102. The van der Waals surface area contributed by atoms with Crippen LogP contribution in [0.25, 0.3) is 0 Å². The van der Waals surface area contributed by atoms with Crippen molar-refractivity contribution in [3.8, 4) is 23.0 Å². The number of benzene rings is 1. The van der Waals surface area contributed by atoms with Crippen molar-refractivity contribution in [3.63, 3.8) is 0 Å². The van der Waals surface area contributed by atoms with Gasteiger partial charge in [0, 0.05) is 17.5 Å². The predicted octanol–water partition coefficient (Wildman–Crippen LogP) is 2.91. The summed E-state index contributed by atoms with van der Waals surface area (Å²) in [5.41, 5.74) is 0.796. The van der Waals surface area contributed by atoms with Crippen molar-refractivity contribution in [2.45, 2.75) is 77.8 Å². The van der Waals surface area contributed by atoms with E-state index in [4.69, 9.17) is 18.9 Å². The minimum Gasteiger partial charge on any atom is -0.504 e. The van der Waals surface area contributed by atoms with E-state index in [1.165, 1.54) is 0 Å². The second-order valence-electron chi connectivity index (χ2n) is 7.08. The Morgan fingerprint density at radius 2 is 1.44 bits per heavy atom. The molecule has 2 heterocycles. The Morgan fingerprint density at radius 1 is 0.920 bits per heavy atom. The van der Waals surface area contributed by atoms with Crippen LogP contribution < -0.4 is 9.47 Å². The molecule has 1 saturated heterocycles. The maximum atomic E-state index is 10.9. The lowest BCUT2D eigenvalue weighted by molar-refractivity contribution is -0.114. The van der Waals surface area contributed by atoms with Gasteiger partial charge in [-0.3, -0.25) is 0 Å². The van der Waals surface area contributed by atoms with E-state index >= 15 is 0 Å². The molecule has 25 heavy (non-hydrogen) atoms. The minimum absolute atomic E-state index is 0.0813. The monoisotopic (exact) mass is 354 g/mol. The molecule has 4 atom stereocenters. The zero-order chi connectivity index (χ0) is 18.5. The molecule has 0 amide bonds. The van der Waals surface area contributed by atoms with Gasteiger partial charge in [-0.15, -0.1) is 0 Å². The molecule has 0 radical (unpaired) electrons. The Balaban J connectivity index is 2.21. The molecule has 7 nitrogen and oxygen atoms in total. The summed E-state index contributed by atoms with van der Waals surface area (Å²) in [7, 11) is 0. The molecule has 0 spiro atoms. The molecule has 1 aromatic rings. The van der Waals surface area contributed by atoms with Crippen LogP contribution in [0.2, 0.25) is 0 Å². The van der Waals surface area contributed by atoms with Gasteiger partial charge in [0.15, 0.2) is 17.8 Å². The van der Waals surface area contributed by atoms with Crippen LogP contribution in [0.3, 0.4) is 0 Å². The molecule has 0 saturated carbocycles. The van der Waals surface area contributed by atoms with E-state index in [0.717, 1.165) is 0 Å². The van der Waals surface area contributed by atoms with Crippen LogP contribution in [0.15, 0.2) is 0 Å². The summed E-state index contributed by atoms with van der Waals surface area (Å²) in [4.78, 5) is 0. The standard InChI is InChI=1S/C18H26O7/c1-7(2)22-17-14(20)12-9(5)24-10-6-11(19)25-16(10)13(12)15(21)18(17)23-8(3)4/h7-11,16,19-21H,6H2,1-5H3/t9-,10-,11?,16+/m0/s1. The fourth-order valence-electron chi connectivity index (χ4n) is 3.45. The molecule has 2 aliphatic rings. The minimum atomic E-state index is -0.976. The quantitative estimate of drug-likeness (QED) is 0.715. The van der Waals surface area contributed by atoms with Gasteiger partial charge in [0.05, 0.1) is 24.4 Å². The van der Waals surface area contributed by atoms with Gasteiger partial charge in [0.2, 0.25) is 11.5 Å². The summed E-state index contributed by atoms with van der Waals surface area (Å²) < 4.78 is 22.9. The maximum absolute atomic E-state index is 10.9. The van der Waals surface area contributed by atoms with Crippen molar-refractivity contribution in [1.82, 2.24) is 0 Å². The van der Waals surface area contributed by atoms with Crippen LogP contribution in [0.5, 0.6) is 23.0 Å². The number of aliphatic hydroxyl groups is 1. The third-order valence-electron chi connectivity index (χ3n) is 4.29. The second-order valence-corrected chi connectivity index (χ2v) is 7.08. The molecule has 2 aliphatic heterocycles. The van der Waals surface area contributed by atoms with Crippen molar-refractivity contribution >= 4 is 0 Å². The Morgan fingerprint density at radius 3 is 1.96 bits per heavy atom. The SMILES string of the molecule is CC(C)Oc1c(O)c2c(c(O)c1OC(C)C)[C@@H]1OC(O)C[C@@H]1O[C@H]2C. The number of ether oxygens (including phenoxy) is 4. The number of aliphatic hydroxyl groups excluding tert-OH is 1. The van der Waals surface area contributed by atoms with E-state index in [1.807, 2.05) is 27.7 Å². The molecule has 1 unspecified atom stereocenters. The molecule has 3 N–H and O–H groups in total. The van der Waals surface area contributed by atoms with Crippen molar-refractivity contribution in [2.24, 2.45) is 0 Å². The van der Waals surface area contributed by atoms with Crippen LogP contribution in [0, 0.1) is 0 Å². The highest BCUT2D eigenvalue weighted by Gasteiger charge is 2.47. The van der Waals surface area contributed by atoms with E-state index in [9.17, 15) is 15.3 Å². The van der Waals surface area contributed by atoms with Crippen LogP contribution >= 0.6 is 0 Å². The Hall–Kier alpha value is -1.70. The van der Waals surface area contributed by atoms with Crippen LogP contribution in [-0.4, -0.2) is 39.9 Å². The Bertz CT molecular complexity index is 656. The van der Waals surface area contributed by atoms with Gasteiger partial charge in [-0.05, 0) is 34.6 Å². The lowest BCUT2D eigenvalue weighted by Gasteiger charge is -2.34. The number of rotatable bonds is 4. The van der Waals surface area contributed by atoms with Gasteiger partial charge in [0.25, 0.3) is 0 Å². The molecule has 3 rings (SSSR count). The number of fused-ring (bicyclic) bond motifs is 3. The van der Waals surface area contributed by atoms with Crippen molar-refractivity contribution in [1.29, 1.82) is 0 Å². The highest BCUT2D eigenvalue weighted by molar-refractivity contribution is 5.68. The first-order valence-corrected chi connectivity index (χ1v) is 8.64. The smallest absolute Gasteiger partial charge is 0.207 e.